The first-order chi connectivity index (χ1) is 17.2. The third-order valence-corrected chi connectivity index (χ3v) is 8.17. The Morgan fingerprint density at radius 2 is 1.72 bits per heavy atom. The quantitative estimate of drug-likeness (QED) is 0.215. The van der Waals surface area contributed by atoms with Gasteiger partial charge in [0.1, 0.15) is 0 Å². The molecular formula is C28H26ClNO5S. The summed E-state index contributed by atoms with van der Waals surface area (Å²) >= 11 is 6.31. The number of hydrogen-bond acceptors (Lipinski definition) is 5. The molecule has 186 valence electrons. The SMILES string of the molecule is CCOC(=O)/C=C/[C@H]1[C@H](CC(=O)c2ccccc2)c2cc(Cl)ccc2N1S(=O)(=O)c1ccc(C)cc1. The minimum absolute atomic E-state index is 0.0229. The summed E-state index contributed by atoms with van der Waals surface area (Å²) in [6.07, 6.45) is 2.75. The van der Waals surface area contributed by atoms with Gasteiger partial charge in [-0.15, -0.1) is 0 Å². The van der Waals surface area contributed by atoms with Gasteiger partial charge in [-0.2, -0.15) is 0 Å². The number of ketones is 1. The number of nitrogens with zero attached hydrogens (tertiary/aromatic N) is 1. The van der Waals surface area contributed by atoms with Crippen LogP contribution in [-0.4, -0.2) is 32.8 Å². The van der Waals surface area contributed by atoms with E-state index < -0.39 is 28.0 Å². The molecule has 0 spiro atoms. The second-order valence-electron chi connectivity index (χ2n) is 8.52. The molecule has 1 heterocycles. The van der Waals surface area contributed by atoms with Crippen LogP contribution in [0.1, 0.15) is 40.7 Å². The Labute approximate surface area is 216 Å². The summed E-state index contributed by atoms with van der Waals surface area (Å²) in [5, 5.41) is 0.425. The average Bonchev–Trinajstić information content (AvgIpc) is 3.16. The molecule has 0 saturated heterocycles. The van der Waals surface area contributed by atoms with E-state index in [0.29, 0.717) is 21.8 Å². The third-order valence-electron chi connectivity index (χ3n) is 6.10. The van der Waals surface area contributed by atoms with Gasteiger partial charge in [0.05, 0.1) is 23.2 Å². The van der Waals surface area contributed by atoms with E-state index in [2.05, 4.69) is 0 Å². The van der Waals surface area contributed by atoms with Crippen LogP contribution in [0.4, 0.5) is 5.69 Å². The van der Waals surface area contributed by atoms with E-state index in [4.69, 9.17) is 16.3 Å². The highest BCUT2D eigenvalue weighted by Gasteiger charge is 2.44. The van der Waals surface area contributed by atoms with Crippen LogP contribution in [0, 0.1) is 6.92 Å². The van der Waals surface area contributed by atoms with Crippen LogP contribution in [0.3, 0.4) is 0 Å². The number of halogens is 1. The zero-order chi connectivity index (χ0) is 25.9. The minimum Gasteiger partial charge on any atom is -0.463 e. The van der Waals surface area contributed by atoms with E-state index in [-0.39, 0.29) is 23.7 Å². The summed E-state index contributed by atoms with van der Waals surface area (Å²) in [5.74, 6) is -1.31. The van der Waals surface area contributed by atoms with Crippen LogP contribution in [0.15, 0.2) is 89.8 Å². The number of Topliss-reactive ketones (excluding diaryl/α,β-unsaturated/α-hetero) is 1. The van der Waals surface area contributed by atoms with Crippen molar-refractivity contribution in [2.75, 3.05) is 10.9 Å². The molecule has 36 heavy (non-hydrogen) atoms. The summed E-state index contributed by atoms with van der Waals surface area (Å²) in [4.78, 5) is 25.5. The molecule has 0 amide bonds. The molecule has 3 aromatic carbocycles. The molecule has 0 saturated carbocycles. The van der Waals surface area contributed by atoms with Gasteiger partial charge in [0.2, 0.25) is 0 Å². The van der Waals surface area contributed by atoms with Crippen molar-refractivity contribution in [2.24, 2.45) is 0 Å². The van der Waals surface area contributed by atoms with Crippen molar-refractivity contribution in [1.82, 2.24) is 0 Å². The fraction of sp³-hybridized carbons (Fsp3) is 0.214. The number of hydrogen-bond donors (Lipinski definition) is 0. The Morgan fingerprint density at radius 1 is 1.03 bits per heavy atom. The molecule has 1 aliphatic heterocycles. The monoisotopic (exact) mass is 523 g/mol. The summed E-state index contributed by atoms with van der Waals surface area (Å²) in [6.45, 7) is 3.75. The Balaban J connectivity index is 1.84. The number of ether oxygens (including phenoxy) is 1. The summed E-state index contributed by atoms with van der Waals surface area (Å²) in [5.41, 5.74) is 2.49. The van der Waals surface area contributed by atoms with Crippen molar-refractivity contribution in [3.8, 4) is 0 Å². The topological polar surface area (TPSA) is 80.8 Å². The predicted octanol–water partition coefficient (Wildman–Crippen LogP) is 5.70. The molecule has 0 N–H and O–H groups in total. The number of anilines is 1. The second-order valence-corrected chi connectivity index (χ2v) is 10.8. The maximum Gasteiger partial charge on any atom is 0.330 e. The van der Waals surface area contributed by atoms with Gasteiger partial charge in [-0.25, -0.2) is 13.2 Å². The smallest absolute Gasteiger partial charge is 0.330 e. The lowest BCUT2D eigenvalue weighted by Gasteiger charge is -2.27. The highest BCUT2D eigenvalue weighted by Crippen LogP contribution is 2.47. The predicted molar refractivity (Wildman–Crippen MR) is 140 cm³/mol. The minimum atomic E-state index is -4.05. The molecule has 0 fully saturated rings. The molecule has 1 aliphatic rings. The highest BCUT2D eigenvalue weighted by molar-refractivity contribution is 7.93. The van der Waals surface area contributed by atoms with Gasteiger partial charge >= 0.3 is 5.97 Å². The Kier molecular flexibility index (Phi) is 7.62. The Bertz CT molecular complexity index is 1400. The fourth-order valence-corrected chi connectivity index (χ4v) is 6.25. The van der Waals surface area contributed by atoms with Crippen molar-refractivity contribution in [2.45, 2.75) is 37.1 Å². The van der Waals surface area contributed by atoms with Crippen LogP contribution in [0.2, 0.25) is 5.02 Å². The molecule has 4 rings (SSSR count). The maximum absolute atomic E-state index is 13.9. The van der Waals surface area contributed by atoms with Gasteiger partial charge in [-0.05, 0) is 49.7 Å². The van der Waals surface area contributed by atoms with Gasteiger partial charge < -0.3 is 4.74 Å². The molecule has 2 atom stereocenters. The number of fused-ring (bicyclic) bond motifs is 1. The normalized spacial score (nSPS) is 17.2. The molecule has 0 bridgehead atoms. The van der Waals surface area contributed by atoms with Gasteiger partial charge in [-0.1, -0.05) is 65.7 Å². The first kappa shape index (κ1) is 25.7. The van der Waals surface area contributed by atoms with Crippen molar-refractivity contribution in [3.63, 3.8) is 0 Å². The van der Waals surface area contributed by atoms with E-state index in [9.17, 15) is 18.0 Å². The molecule has 0 aromatic heterocycles. The summed E-state index contributed by atoms with van der Waals surface area (Å²) < 4.78 is 34.2. The largest absolute Gasteiger partial charge is 0.463 e. The van der Waals surface area contributed by atoms with Crippen LogP contribution in [-0.2, 0) is 19.6 Å². The van der Waals surface area contributed by atoms with E-state index >= 15 is 0 Å². The summed E-state index contributed by atoms with van der Waals surface area (Å²) in [6, 6.07) is 19.5. The standard InChI is InChI=1S/C28H26ClNO5S/c1-3-35-28(32)16-15-26-24(18-27(31)20-7-5-4-6-8-20)23-17-21(29)11-14-25(23)30(26)36(33,34)22-12-9-19(2)10-13-22/h4-17,24,26H,3,18H2,1-2H3/b16-15+/t24-,26+/m1/s1. The average molecular weight is 524 g/mol. The van der Waals surface area contributed by atoms with Crippen LogP contribution >= 0.6 is 11.6 Å². The maximum atomic E-state index is 13.9. The number of rotatable bonds is 8. The Morgan fingerprint density at radius 3 is 2.39 bits per heavy atom. The van der Waals surface area contributed by atoms with E-state index in [0.717, 1.165) is 5.56 Å². The lowest BCUT2D eigenvalue weighted by Crippen LogP contribution is -2.38. The number of sulfonamides is 1. The second kappa shape index (κ2) is 10.7. The van der Waals surface area contributed by atoms with Crippen molar-refractivity contribution >= 4 is 39.1 Å². The van der Waals surface area contributed by atoms with E-state index in [1.165, 1.54) is 16.5 Å². The van der Waals surface area contributed by atoms with Crippen molar-refractivity contribution < 1.29 is 22.7 Å². The van der Waals surface area contributed by atoms with Gasteiger partial charge in [0, 0.05) is 29.0 Å². The Hall–Kier alpha value is -3.42. The zero-order valence-electron chi connectivity index (χ0n) is 19.9. The number of carbonyl (C=O) groups is 2. The molecule has 0 unspecified atom stereocenters. The van der Waals surface area contributed by atoms with E-state index in [1.54, 1.807) is 73.7 Å². The van der Waals surface area contributed by atoms with Gasteiger partial charge in [-0.3, -0.25) is 9.10 Å². The van der Waals surface area contributed by atoms with Gasteiger partial charge in [0.15, 0.2) is 5.78 Å². The van der Waals surface area contributed by atoms with Crippen LogP contribution in [0.25, 0.3) is 0 Å². The fourth-order valence-electron chi connectivity index (χ4n) is 4.40. The lowest BCUT2D eigenvalue weighted by atomic mass is 9.88. The van der Waals surface area contributed by atoms with Gasteiger partial charge in [0.25, 0.3) is 10.0 Å². The summed E-state index contributed by atoms with van der Waals surface area (Å²) in [7, 11) is -4.05. The number of benzene rings is 3. The molecule has 0 radical (unpaired) electrons. The van der Waals surface area contributed by atoms with Crippen molar-refractivity contribution in [3.05, 3.63) is 107 Å². The first-order valence-corrected chi connectivity index (χ1v) is 13.4. The van der Waals surface area contributed by atoms with E-state index in [1.807, 2.05) is 13.0 Å². The number of aryl methyl sites for hydroxylation is 1. The van der Waals surface area contributed by atoms with Crippen LogP contribution < -0.4 is 4.31 Å². The number of esters is 1. The molecule has 8 heteroatoms. The van der Waals surface area contributed by atoms with Crippen molar-refractivity contribution in [1.29, 1.82) is 0 Å². The lowest BCUT2D eigenvalue weighted by molar-refractivity contribution is -0.137. The molecule has 6 nitrogen and oxygen atoms in total. The molecular weight excluding hydrogens is 498 g/mol. The zero-order valence-corrected chi connectivity index (χ0v) is 21.5. The molecule has 3 aromatic rings. The first-order valence-electron chi connectivity index (χ1n) is 11.6. The number of carbonyl (C=O) groups excluding carboxylic acids is 2. The third kappa shape index (κ3) is 5.22. The van der Waals surface area contributed by atoms with Crippen LogP contribution in [0.5, 0.6) is 0 Å². The highest BCUT2D eigenvalue weighted by atomic mass is 35.5. The molecule has 0 aliphatic carbocycles.